The number of aliphatic hydroxyl groups is 1. The summed E-state index contributed by atoms with van der Waals surface area (Å²) in [6, 6.07) is 9.83. The number of ketones is 1. The number of aliphatic hydroxyl groups excluding tert-OH is 1. The van der Waals surface area contributed by atoms with Crippen LogP contribution in [0, 0.1) is 5.92 Å². The molecule has 1 atom stereocenters. The van der Waals surface area contributed by atoms with Gasteiger partial charge in [0, 0.05) is 6.20 Å². The Balaban J connectivity index is 1.87. The summed E-state index contributed by atoms with van der Waals surface area (Å²) in [6.07, 6.45) is 3.12. The van der Waals surface area contributed by atoms with Crippen LogP contribution < -0.4 is 5.32 Å². The molecule has 29 heavy (non-hydrogen) atoms. The van der Waals surface area contributed by atoms with Crippen molar-refractivity contribution in [2.45, 2.75) is 44.0 Å². The number of Topliss-reactive ketones (excluding diaryl/α,β-unsaturated/α-hetero) is 1. The van der Waals surface area contributed by atoms with Crippen molar-refractivity contribution in [2.24, 2.45) is 10.3 Å². The second kappa shape index (κ2) is 6.59. The Kier molecular flexibility index (Phi) is 4.42. The van der Waals surface area contributed by atoms with Crippen LogP contribution in [-0.4, -0.2) is 29.7 Å². The summed E-state index contributed by atoms with van der Waals surface area (Å²) in [5.41, 5.74) is -0.252. The Labute approximate surface area is 169 Å². The molecule has 0 amide bonds. The molecule has 2 aromatic rings. The molecule has 3 heterocycles. The van der Waals surface area contributed by atoms with E-state index in [4.69, 9.17) is 0 Å². The molecule has 0 fully saturated rings. The standard InChI is InChI=1S/C21H23N3O4S/c1-13(2)10-11-21(3)19(26)17(18(25)15-8-6-12-24(15)21)20-22-14-7-4-5-9-16(14)29(27,28)23-20/h4-9,12-13,25H,10-11H2,1-3H3,(H,22,23). The summed E-state index contributed by atoms with van der Waals surface area (Å²) < 4.78 is 30.9. The highest BCUT2D eigenvalue weighted by molar-refractivity contribution is 7.90. The van der Waals surface area contributed by atoms with Gasteiger partial charge in [-0.05, 0) is 49.9 Å². The van der Waals surface area contributed by atoms with Crippen LogP contribution in [0.25, 0.3) is 5.76 Å². The van der Waals surface area contributed by atoms with Crippen LogP contribution in [0.5, 0.6) is 0 Å². The van der Waals surface area contributed by atoms with Crippen LogP contribution in [0.15, 0.2) is 57.5 Å². The van der Waals surface area contributed by atoms with Crippen molar-refractivity contribution in [2.75, 3.05) is 5.32 Å². The lowest BCUT2D eigenvalue weighted by Crippen LogP contribution is -2.46. The normalized spacial score (nSPS) is 22.8. The third-order valence-electron chi connectivity index (χ3n) is 5.55. The molecule has 0 bridgehead atoms. The molecule has 0 aliphatic carbocycles. The molecule has 152 valence electrons. The highest BCUT2D eigenvalue weighted by Crippen LogP contribution is 2.40. The summed E-state index contributed by atoms with van der Waals surface area (Å²) >= 11 is 0. The van der Waals surface area contributed by atoms with Crippen molar-refractivity contribution in [3.05, 3.63) is 53.9 Å². The Hall–Kier alpha value is -2.87. The molecular weight excluding hydrogens is 390 g/mol. The molecule has 1 aromatic heterocycles. The van der Waals surface area contributed by atoms with Gasteiger partial charge >= 0.3 is 0 Å². The number of aromatic nitrogens is 1. The van der Waals surface area contributed by atoms with Gasteiger partial charge in [-0.15, -0.1) is 4.40 Å². The van der Waals surface area contributed by atoms with Crippen molar-refractivity contribution in [3.63, 3.8) is 0 Å². The maximum atomic E-state index is 13.6. The van der Waals surface area contributed by atoms with Crippen LogP contribution in [0.4, 0.5) is 5.69 Å². The van der Waals surface area contributed by atoms with E-state index in [1.165, 1.54) is 6.07 Å². The van der Waals surface area contributed by atoms with E-state index in [1.807, 2.05) is 6.92 Å². The van der Waals surface area contributed by atoms with Crippen LogP contribution in [0.1, 0.15) is 39.3 Å². The monoisotopic (exact) mass is 413 g/mol. The van der Waals surface area contributed by atoms with Gasteiger partial charge < -0.3 is 15.0 Å². The largest absolute Gasteiger partial charge is 0.505 e. The molecule has 7 nitrogen and oxygen atoms in total. The van der Waals surface area contributed by atoms with Crippen molar-refractivity contribution < 1.29 is 18.3 Å². The zero-order valence-electron chi connectivity index (χ0n) is 16.5. The lowest BCUT2D eigenvalue weighted by Gasteiger charge is -2.37. The van der Waals surface area contributed by atoms with Gasteiger partial charge in [0.05, 0.1) is 11.4 Å². The number of hydrogen-bond acceptors (Lipinski definition) is 5. The number of carbonyl (C=O) groups excluding carboxylic acids is 1. The van der Waals surface area contributed by atoms with E-state index in [1.54, 1.807) is 41.1 Å². The second-order valence-electron chi connectivity index (χ2n) is 8.06. The van der Waals surface area contributed by atoms with E-state index in [9.17, 15) is 18.3 Å². The van der Waals surface area contributed by atoms with Gasteiger partial charge in [0.2, 0.25) is 0 Å². The topological polar surface area (TPSA) is 101 Å². The summed E-state index contributed by atoms with van der Waals surface area (Å²) in [7, 11) is -3.99. The Morgan fingerprint density at radius 1 is 1.21 bits per heavy atom. The molecular formula is C21H23N3O4S. The van der Waals surface area contributed by atoms with Crippen LogP contribution in [-0.2, 0) is 20.4 Å². The van der Waals surface area contributed by atoms with Crippen LogP contribution in [0.2, 0.25) is 0 Å². The number of fused-ring (bicyclic) bond motifs is 2. The molecule has 0 saturated heterocycles. The molecule has 4 rings (SSSR count). The lowest BCUT2D eigenvalue weighted by atomic mass is 9.80. The first-order valence-corrected chi connectivity index (χ1v) is 11.0. The van der Waals surface area contributed by atoms with Gasteiger partial charge in [0.15, 0.2) is 17.4 Å². The molecule has 1 unspecified atom stereocenters. The van der Waals surface area contributed by atoms with Crippen molar-refractivity contribution in [3.8, 4) is 0 Å². The maximum absolute atomic E-state index is 13.6. The smallest absolute Gasteiger partial charge is 0.286 e. The number of benzene rings is 1. The number of carbonyl (C=O) groups is 1. The van der Waals surface area contributed by atoms with Crippen molar-refractivity contribution >= 4 is 33.1 Å². The second-order valence-corrected chi connectivity index (χ2v) is 9.63. The van der Waals surface area contributed by atoms with Gasteiger partial charge in [0.25, 0.3) is 10.0 Å². The Morgan fingerprint density at radius 2 is 1.93 bits per heavy atom. The molecule has 8 heteroatoms. The fourth-order valence-electron chi connectivity index (χ4n) is 3.86. The third-order valence-corrected chi connectivity index (χ3v) is 6.89. The van der Waals surface area contributed by atoms with Gasteiger partial charge in [-0.3, -0.25) is 4.79 Å². The summed E-state index contributed by atoms with van der Waals surface area (Å²) in [5, 5.41) is 13.8. The fourth-order valence-corrected chi connectivity index (χ4v) is 4.99. The fraction of sp³-hybridized carbons (Fsp3) is 0.333. The van der Waals surface area contributed by atoms with Crippen LogP contribution >= 0.6 is 0 Å². The van der Waals surface area contributed by atoms with Gasteiger partial charge in [-0.2, -0.15) is 8.42 Å². The Bertz CT molecular complexity index is 1170. The highest BCUT2D eigenvalue weighted by Gasteiger charge is 2.46. The number of sulfonamides is 1. The van der Waals surface area contributed by atoms with Crippen molar-refractivity contribution in [1.82, 2.24) is 4.57 Å². The molecule has 2 aliphatic rings. The van der Waals surface area contributed by atoms with E-state index < -0.39 is 15.6 Å². The zero-order chi connectivity index (χ0) is 21.0. The first kappa shape index (κ1) is 19.4. The molecule has 2 aliphatic heterocycles. The molecule has 1 aromatic carbocycles. The quantitative estimate of drug-likeness (QED) is 0.796. The van der Waals surface area contributed by atoms with Gasteiger partial charge in [-0.25, -0.2) is 0 Å². The number of amidine groups is 1. The number of anilines is 1. The average molecular weight is 413 g/mol. The van der Waals surface area contributed by atoms with E-state index in [2.05, 4.69) is 23.6 Å². The minimum Gasteiger partial charge on any atom is -0.505 e. The number of para-hydroxylation sites is 1. The number of nitrogens with zero attached hydrogens (tertiary/aromatic N) is 2. The third kappa shape index (κ3) is 2.98. The zero-order valence-corrected chi connectivity index (χ0v) is 17.3. The summed E-state index contributed by atoms with van der Waals surface area (Å²) in [6.45, 7) is 5.98. The SMILES string of the molecule is CC(C)CCC1(C)C(=O)C(C2=NS(=O)(=O)c3ccccc3N2)=C(O)c2cccn21. The van der Waals surface area contributed by atoms with Gasteiger partial charge in [0.1, 0.15) is 16.0 Å². The van der Waals surface area contributed by atoms with Crippen molar-refractivity contribution in [1.29, 1.82) is 0 Å². The summed E-state index contributed by atoms with van der Waals surface area (Å²) in [5.74, 6) is -0.392. The Morgan fingerprint density at radius 3 is 2.66 bits per heavy atom. The van der Waals surface area contributed by atoms with Gasteiger partial charge in [-0.1, -0.05) is 26.0 Å². The predicted octanol–water partition coefficient (Wildman–Crippen LogP) is 3.70. The van der Waals surface area contributed by atoms with Crippen LogP contribution in [0.3, 0.4) is 0 Å². The predicted molar refractivity (Wildman–Crippen MR) is 111 cm³/mol. The lowest BCUT2D eigenvalue weighted by molar-refractivity contribution is -0.123. The number of nitrogens with one attached hydrogen (secondary N) is 1. The van der Waals surface area contributed by atoms with E-state index in [-0.39, 0.29) is 27.8 Å². The maximum Gasteiger partial charge on any atom is 0.286 e. The highest BCUT2D eigenvalue weighted by atomic mass is 32.2. The minimum atomic E-state index is -3.99. The molecule has 0 saturated carbocycles. The first-order valence-electron chi connectivity index (χ1n) is 9.53. The molecule has 0 spiro atoms. The van der Waals surface area contributed by atoms with E-state index in [0.29, 0.717) is 23.7 Å². The van der Waals surface area contributed by atoms with E-state index >= 15 is 0 Å². The molecule has 2 N–H and O–H groups in total. The first-order chi connectivity index (χ1) is 13.6. The average Bonchev–Trinajstić information content (AvgIpc) is 3.16. The summed E-state index contributed by atoms with van der Waals surface area (Å²) in [4.78, 5) is 13.6. The minimum absolute atomic E-state index is 0.0399. The van der Waals surface area contributed by atoms with E-state index in [0.717, 1.165) is 6.42 Å². The number of rotatable bonds is 4. The molecule has 0 radical (unpaired) electrons. The number of hydrogen-bond donors (Lipinski definition) is 2.